The van der Waals surface area contributed by atoms with E-state index in [1.807, 2.05) is 73.7 Å². The molecule has 2 heterocycles. The second-order valence-electron chi connectivity index (χ2n) is 9.22. The third-order valence-electron chi connectivity index (χ3n) is 6.90. The van der Waals surface area contributed by atoms with Crippen molar-refractivity contribution < 1.29 is 27.7 Å². The van der Waals surface area contributed by atoms with Gasteiger partial charge in [0.25, 0.3) is 0 Å². The van der Waals surface area contributed by atoms with Crippen LogP contribution in [0.3, 0.4) is 0 Å². The number of hydrogen-bond donors (Lipinski definition) is 1. The van der Waals surface area contributed by atoms with Gasteiger partial charge in [-0.25, -0.2) is 8.42 Å². The van der Waals surface area contributed by atoms with Gasteiger partial charge >= 0.3 is 0 Å². The van der Waals surface area contributed by atoms with E-state index < -0.39 is 16.1 Å². The Labute approximate surface area is 218 Å². The van der Waals surface area contributed by atoms with E-state index >= 15 is 0 Å². The molecule has 1 N–H and O–H groups in total. The van der Waals surface area contributed by atoms with E-state index in [0.717, 1.165) is 27.8 Å². The van der Waals surface area contributed by atoms with Crippen LogP contribution in [0.1, 0.15) is 46.3 Å². The predicted octanol–water partition coefficient (Wildman–Crippen LogP) is 4.76. The number of aliphatic hydroxyl groups excluding tert-OH is 1. The number of fused-ring (bicyclic) bond motifs is 2. The normalized spacial score (nSPS) is 17.2. The highest BCUT2D eigenvalue weighted by atomic mass is 32.2. The molecule has 0 amide bonds. The quantitative estimate of drug-likeness (QED) is 0.460. The van der Waals surface area contributed by atoms with E-state index in [9.17, 15) is 13.5 Å². The van der Waals surface area contributed by atoms with Crippen molar-refractivity contribution in [2.45, 2.75) is 39.5 Å². The molecule has 1 atom stereocenters. The first kappa shape index (κ1) is 25.3. The minimum absolute atomic E-state index is 0.0147. The Balaban J connectivity index is 1.51. The number of benzene rings is 3. The maximum absolute atomic E-state index is 13.1. The van der Waals surface area contributed by atoms with Gasteiger partial charge in [0.1, 0.15) is 12.4 Å². The fourth-order valence-electron chi connectivity index (χ4n) is 4.81. The number of rotatable bonds is 8. The van der Waals surface area contributed by atoms with Crippen LogP contribution in [-0.4, -0.2) is 36.9 Å². The molecule has 0 aromatic heterocycles. The van der Waals surface area contributed by atoms with E-state index in [2.05, 4.69) is 0 Å². The van der Waals surface area contributed by atoms with Gasteiger partial charge in [0, 0.05) is 12.1 Å². The van der Waals surface area contributed by atoms with Crippen molar-refractivity contribution in [3.63, 3.8) is 0 Å². The summed E-state index contributed by atoms with van der Waals surface area (Å²) >= 11 is 0. The highest BCUT2D eigenvalue weighted by Gasteiger charge is 2.34. The molecule has 0 saturated heterocycles. The van der Waals surface area contributed by atoms with Crippen LogP contribution >= 0.6 is 0 Å². The van der Waals surface area contributed by atoms with Gasteiger partial charge in [0.15, 0.2) is 11.5 Å². The highest BCUT2D eigenvalue weighted by molar-refractivity contribution is 7.89. The lowest BCUT2D eigenvalue weighted by atomic mass is 9.91. The molecule has 3 aromatic rings. The van der Waals surface area contributed by atoms with Crippen molar-refractivity contribution in [2.24, 2.45) is 0 Å². The summed E-state index contributed by atoms with van der Waals surface area (Å²) in [7, 11) is -3.47. The van der Waals surface area contributed by atoms with Crippen LogP contribution in [0.4, 0.5) is 0 Å². The second-order valence-corrected chi connectivity index (χ2v) is 11.4. The predicted molar refractivity (Wildman–Crippen MR) is 142 cm³/mol. The molecule has 3 aromatic carbocycles. The number of sulfonamides is 1. The average molecular weight is 522 g/mol. The minimum atomic E-state index is -3.47. The van der Waals surface area contributed by atoms with Crippen LogP contribution in [0, 0.1) is 6.92 Å². The zero-order valence-electron chi connectivity index (χ0n) is 21.0. The Morgan fingerprint density at radius 2 is 1.86 bits per heavy atom. The summed E-state index contributed by atoms with van der Waals surface area (Å²) < 4.78 is 44.8. The average Bonchev–Trinajstić information content (AvgIpc) is 3.37. The van der Waals surface area contributed by atoms with Crippen molar-refractivity contribution in [2.75, 3.05) is 19.1 Å². The SMILES string of the molecule is CCS(=O)(=O)N1CCc2cc(OCc3ccccc3)c(CO)cc2C1/C=C/c1cc2c(cc1C)OCO2. The highest BCUT2D eigenvalue weighted by Crippen LogP contribution is 2.39. The monoisotopic (exact) mass is 521 g/mol. The van der Waals surface area contributed by atoms with Crippen LogP contribution in [0.2, 0.25) is 0 Å². The fraction of sp³-hybridized carbons (Fsp3) is 0.310. The molecule has 37 heavy (non-hydrogen) atoms. The molecular formula is C29H31NO6S. The summed E-state index contributed by atoms with van der Waals surface area (Å²) in [5.74, 6) is 2.02. The number of aryl methyl sites for hydroxylation is 1. The second kappa shape index (κ2) is 10.6. The summed E-state index contributed by atoms with van der Waals surface area (Å²) in [6.45, 7) is 4.38. The van der Waals surface area contributed by atoms with E-state index in [1.165, 1.54) is 0 Å². The molecule has 0 aliphatic carbocycles. The Morgan fingerprint density at radius 3 is 2.59 bits per heavy atom. The maximum Gasteiger partial charge on any atom is 0.231 e. The fourth-order valence-corrected chi connectivity index (χ4v) is 6.04. The van der Waals surface area contributed by atoms with Gasteiger partial charge in [-0.1, -0.05) is 42.5 Å². The number of aliphatic hydroxyl groups is 1. The zero-order valence-corrected chi connectivity index (χ0v) is 21.8. The lowest BCUT2D eigenvalue weighted by Crippen LogP contribution is -2.40. The summed E-state index contributed by atoms with van der Waals surface area (Å²) in [6.07, 6.45) is 4.42. The van der Waals surface area contributed by atoms with E-state index in [0.29, 0.717) is 42.4 Å². The number of hydrogen-bond acceptors (Lipinski definition) is 6. The molecule has 0 spiro atoms. The Kier molecular flexibility index (Phi) is 7.24. The smallest absolute Gasteiger partial charge is 0.231 e. The largest absolute Gasteiger partial charge is 0.489 e. The minimum Gasteiger partial charge on any atom is -0.489 e. The molecule has 0 bridgehead atoms. The van der Waals surface area contributed by atoms with Gasteiger partial charge in [-0.2, -0.15) is 4.31 Å². The Hall–Kier alpha value is -3.33. The van der Waals surface area contributed by atoms with Crippen molar-refractivity contribution in [1.29, 1.82) is 0 Å². The maximum atomic E-state index is 13.1. The van der Waals surface area contributed by atoms with Crippen molar-refractivity contribution in [3.05, 3.63) is 94.1 Å². The molecule has 7 nitrogen and oxygen atoms in total. The van der Waals surface area contributed by atoms with Gasteiger partial charge in [0.2, 0.25) is 16.8 Å². The summed E-state index contributed by atoms with van der Waals surface area (Å²) in [4.78, 5) is 0. The van der Waals surface area contributed by atoms with Crippen LogP contribution in [0.25, 0.3) is 6.08 Å². The summed E-state index contributed by atoms with van der Waals surface area (Å²) in [5, 5.41) is 10.2. The van der Waals surface area contributed by atoms with E-state index in [1.54, 1.807) is 11.2 Å². The van der Waals surface area contributed by atoms with E-state index in [4.69, 9.17) is 14.2 Å². The van der Waals surface area contributed by atoms with Crippen molar-refractivity contribution in [1.82, 2.24) is 4.31 Å². The van der Waals surface area contributed by atoms with Gasteiger partial charge in [0.05, 0.1) is 18.4 Å². The number of nitrogens with zero attached hydrogens (tertiary/aromatic N) is 1. The van der Waals surface area contributed by atoms with Crippen molar-refractivity contribution >= 4 is 16.1 Å². The van der Waals surface area contributed by atoms with Gasteiger partial charge in [-0.3, -0.25) is 0 Å². The van der Waals surface area contributed by atoms with Gasteiger partial charge in [-0.15, -0.1) is 0 Å². The third kappa shape index (κ3) is 5.23. The van der Waals surface area contributed by atoms with Crippen LogP contribution in [0.15, 0.2) is 60.7 Å². The van der Waals surface area contributed by atoms with Crippen LogP contribution < -0.4 is 14.2 Å². The molecule has 5 rings (SSSR count). The topological polar surface area (TPSA) is 85.3 Å². The third-order valence-corrected chi connectivity index (χ3v) is 8.76. The molecular weight excluding hydrogens is 490 g/mol. The molecule has 0 saturated carbocycles. The van der Waals surface area contributed by atoms with Crippen LogP contribution in [-0.2, 0) is 29.7 Å². The molecule has 0 fully saturated rings. The molecule has 8 heteroatoms. The first-order valence-electron chi connectivity index (χ1n) is 12.4. The Morgan fingerprint density at radius 1 is 1.11 bits per heavy atom. The molecule has 1 unspecified atom stereocenters. The van der Waals surface area contributed by atoms with E-state index in [-0.39, 0.29) is 19.2 Å². The molecule has 2 aliphatic heterocycles. The molecule has 194 valence electrons. The Bertz CT molecular complexity index is 1420. The van der Waals surface area contributed by atoms with Crippen LogP contribution in [0.5, 0.6) is 17.2 Å². The van der Waals surface area contributed by atoms with Gasteiger partial charge in [-0.05, 0) is 72.4 Å². The first-order valence-corrected chi connectivity index (χ1v) is 14.0. The molecule has 0 radical (unpaired) electrons. The number of ether oxygens (including phenoxy) is 3. The van der Waals surface area contributed by atoms with Crippen molar-refractivity contribution in [3.8, 4) is 17.2 Å². The molecule has 2 aliphatic rings. The summed E-state index contributed by atoms with van der Waals surface area (Å²) in [5.41, 5.74) is 5.46. The lowest BCUT2D eigenvalue weighted by Gasteiger charge is -2.35. The first-order chi connectivity index (χ1) is 17.9. The van der Waals surface area contributed by atoms with Gasteiger partial charge < -0.3 is 19.3 Å². The summed E-state index contributed by atoms with van der Waals surface area (Å²) in [6, 6.07) is 17.0. The zero-order chi connectivity index (χ0) is 26.0. The lowest BCUT2D eigenvalue weighted by molar-refractivity contribution is 0.174. The standard InChI is InChI=1S/C29H31NO6S/c1-3-37(32,33)30-12-11-23-16-27(34-18-21-7-5-4-6-8-21)24(17-31)14-25(23)26(30)10-9-22-15-29-28(13-20(22)2)35-19-36-29/h4-10,13-16,26,31H,3,11-12,17-19H2,1-2H3/b10-9+.